The Kier molecular flexibility index (Phi) is 13.8. The van der Waals surface area contributed by atoms with E-state index >= 15 is 0 Å². The molecule has 5 nitrogen and oxygen atoms in total. The zero-order chi connectivity index (χ0) is 30.2. The molecule has 8 heteroatoms. The van der Waals surface area contributed by atoms with Crippen LogP contribution in [0.2, 0.25) is 0 Å². The van der Waals surface area contributed by atoms with Crippen molar-refractivity contribution >= 4 is 5.97 Å². The van der Waals surface area contributed by atoms with Gasteiger partial charge >= 0.3 is 12.1 Å². The molecule has 2 aromatic carbocycles. The topological polar surface area (TPSA) is 57.7 Å². The van der Waals surface area contributed by atoms with Crippen molar-refractivity contribution in [1.29, 1.82) is 0 Å². The summed E-state index contributed by atoms with van der Waals surface area (Å²) in [7, 11) is 0. The third kappa shape index (κ3) is 11.5. The Bertz CT molecular complexity index is 1180. The van der Waals surface area contributed by atoms with Gasteiger partial charge in [0.15, 0.2) is 6.10 Å². The molecule has 0 aliphatic heterocycles. The maximum atomic E-state index is 12.4. The summed E-state index contributed by atoms with van der Waals surface area (Å²) < 4.78 is 53.2. The fourth-order valence-corrected chi connectivity index (χ4v) is 4.31. The quantitative estimate of drug-likeness (QED) is 0.110. The highest BCUT2D eigenvalue weighted by Crippen LogP contribution is 2.25. The van der Waals surface area contributed by atoms with Crippen LogP contribution in [0.4, 0.5) is 13.2 Å². The summed E-state index contributed by atoms with van der Waals surface area (Å²) in [5.41, 5.74) is 4.26. The summed E-state index contributed by atoms with van der Waals surface area (Å²) in [6.45, 7) is 4.35. The van der Waals surface area contributed by atoms with Crippen molar-refractivity contribution in [3.63, 3.8) is 0 Å². The minimum atomic E-state index is -4.32. The maximum Gasteiger partial charge on any atom is 0.414 e. The number of aromatic nitrogens is 1. The lowest BCUT2D eigenvalue weighted by molar-refractivity contribution is -0.214. The summed E-state index contributed by atoms with van der Waals surface area (Å²) in [6.07, 6.45) is 4.25. The van der Waals surface area contributed by atoms with E-state index in [1.807, 2.05) is 54.7 Å². The van der Waals surface area contributed by atoms with Gasteiger partial charge < -0.3 is 14.2 Å². The fraction of sp³-hybridized carbons (Fsp3) is 0.471. The molecule has 228 valence electrons. The van der Waals surface area contributed by atoms with Crippen LogP contribution in [-0.2, 0) is 9.47 Å². The Morgan fingerprint density at radius 1 is 0.738 bits per heavy atom. The normalized spacial score (nSPS) is 12.2. The SMILES string of the molecule is CCCCCCOc1ccc(-c2ccc(-c3ccc(C(=O)OCCCCCCCOC(C)C(F)(F)F)cc3)nc2)cc1. The highest BCUT2D eigenvalue weighted by molar-refractivity contribution is 5.90. The minimum Gasteiger partial charge on any atom is -0.494 e. The van der Waals surface area contributed by atoms with Crippen LogP contribution in [-0.4, -0.2) is 43.1 Å². The molecule has 0 aliphatic carbocycles. The Labute approximate surface area is 247 Å². The van der Waals surface area contributed by atoms with E-state index in [9.17, 15) is 18.0 Å². The number of pyridine rings is 1. The van der Waals surface area contributed by atoms with Gasteiger partial charge in [-0.2, -0.15) is 13.2 Å². The number of carbonyl (C=O) groups excluding carboxylic acids is 1. The van der Waals surface area contributed by atoms with Gasteiger partial charge in [-0.3, -0.25) is 4.98 Å². The Hall–Kier alpha value is -3.39. The summed E-state index contributed by atoms with van der Waals surface area (Å²) in [4.78, 5) is 17.0. The highest BCUT2D eigenvalue weighted by atomic mass is 19.4. The van der Waals surface area contributed by atoms with Crippen molar-refractivity contribution in [2.24, 2.45) is 0 Å². The lowest BCUT2D eigenvalue weighted by Crippen LogP contribution is -2.28. The maximum absolute atomic E-state index is 12.4. The molecule has 0 spiro atoms. The summed E-state index contributed by atoms with van der Waals surface area (Å²) >= 11 is 0. The zero-order valence-corrected chi connectivity index (χ0v) is 24.6. The van der Waals surface area contributed by atoms with E-state index in [-0.39, 0.29) is 12.6 Å². The molecule has 0 saturated carbocycles. The van der Waals surface area contributed by atoms with E-state index in [1.165, 1.54) is 19.3 Å². The lowest BCUT2D eigenvalue weighted by Gasteiger charge is -2.16. The standard InChI is InChI=1S/C34H42F3NO4/c1-3-4-5-9-23-41-31-19-16-27(17-20-31)30-18-21-32(38-25-30)28-12-14-29(15-13-28)33(39)42-24-11-8-6-7-10-22-40-26(2)34(35,36)37/h12-21,25-26H,3-11,22-24H2,1-2H3. The molecule has 1 heterocycles. The van der Waals surface area contributed by atoms with Crippen molar-refractivity contribution in [1.82, 2.24) is 4.98 Å². The van der Waals surface area contributed by atoms with Crippen LogP contribution in [0, 0.1) is 0 Å². The summed E-state index contributed by atoms with van der Waals surface area (Å²) in [5.74, 6) is 0.493. The number of carbonyl (C=O) groups is 1. The van der Waals surface area contributed by atoms with Gasteiger partial charge in [0.25, 0.3) is 0 Å². The molecular formula is C34H42F3NO4. The highest BCUT2D eigenvalue weighted by Gasteiger charge is 2.36. The molecule has 3 rings (SSSR count). The first-order valence-corrected chi connectivity index (χ1v) is 14.9. The number of esters is 1. The van der Waals surface area contributed by atoms with E-state index in [0.29, 0.717) is 25.0 Å². The Morgan fingerprint density at radius 2 is 1.33 bits per heavy atom. The van der Waals surface area contributed by atoms with E-state index in [2.05, 4.69) is 11.9 Å². The molecule has 0 aliphatic rings. The average molecular weight is 586 g/mol. The van der Waals surface area contributed by atoms with E-state index < -0.39 is 12.3 Å². The zero-order valence-electron chi connectivity index (χ0n) is 24.6. The number of nitrogens with zero attached hydrogens (tertiary/aromatic N) is 1. The van der Waals surface area contributed by atoms with Crippen molar-refractivity contribution < 1.29 is 32.2 Å². The van der Waals surface area contributed by atoms with Crippen molar-refractivity contribution in [2.75, 3.05) is 19.8 Å². The first-order chi connectivity index (χ1) is 20.3. The molecule has 0 fully saturated rings. The van der Waals surface area contributed by atoms with E-state index in [4.69, 9.17) is 14.2 Å². The Balaban J connectivity index is 1.35. The number of halogens is 3. The Morgan fingerprint density at radius 3 is 1.98 bits per heavy atom. The number of hydrogen-bond donors (Lipinski definition) is 0. The molecule has 0 amide bonds. The van der Waals surface area contributed by atoms with Gasteiger partial charge in [-0.05, 0) is 62.1 Å². The van der Waals surface area contributed by atoms with Crippen LogP contribution in [0.1, 0.15) is 82.0 Å². The minimum absolute atomic E-state index is 0.0916. The number of rotatable bonds is 18. The van der Waals surface area contributed by atoms with E-state index in [0.717, 1.165) is 67.3 Å². The lowest BCUT2D eigenvalue weighted by atomic mass is 10.0. The molecule has 3 aromatic rings. The summed E-state index contributed by atoms with van der Waals surface area (Å²) in [6, 6.07) is 19.2. The molecule has 1 atom stereocenters. The number of alkyl halides is 3. The van der Waals surface area contributed by atoms with E-state index in [1.54, 1.807) is 12.1 Å². The molecule has 42 heavy (non-hydrogen) atoms. The van der Waals surface area contributed by atoms with Gasteiger partial charge in [0.2, 0.25) is 0 Å². The molecular weight excluding hydrogens is 543 g/mol. The van der Waals surface area contributed by atoms with Crippen LogP contribution in [0.5, 0.6) is 5.75 Å². The van der Waals surface area contributed by atoms with Gasteiger partial charge in [-0.1, -0.05) is 75.8 Å². The first-order valence-electron chi connectivity index (χ1n) is 14.9. The van der Waals surface area contributed by atoms with Gasteiger partial charge in [0, 0.05) is 23.9 Å². The third-order valence-electron chi connectivity index (χ3n) is 6.98. The average Bonchev–Trinajstić information content (AvgIpc) is 3.00. The van der Waals surface area contributed by atoms with Crippen LogP contribution >= 0.6 is 0 Å². The number of unbranched alkanes of at least 4 members (excludes halogenated alkanes) is 7. The molecule has 1 unspecified atom stereocenters. The summed E-state index contributed by atoms with van der Waals surface area (Å²) in [5, 5.41) is 0. The fourth-order valence-electron chi connectivity index (χ4n) is 4.31. The second kappa shape index (κ2) is 17.5. The second-order valence-corrected chi connectivity index (χ2v) is 10.4. The predicted molar refractivity (Wildman–Crippen MR) is 160 cm³/mol. The first kappa shape index (κ1) is 33.1. The van der Waals surface area contributed by atoms with Crippen molar-refractivity contribution in [3.05, 3.63) is 72.4 Å². The monoisotopic (exact) mass is 585 g/mol. The number of ether oxygens (including phenoxy) is 3. The van der Waals surface area contributed by atoms with Crippen LogP contribution in [0.3, 0.4) is 0 Å². The van der Waals surface area contributed by atoms with Crippen LogP contribution in [0.15, 0.2) is 66.9 Å². The molecule has 0 radical (unpaired) electrons. The predicted octanol–water partition coefficient (Wildman–Crippen LogP) is 9.45. The third-order valence-corrected chi connectivity index (χ3v) is 6.98. The van der Waals surface area contributed by atoms with Gasteiger partial charge in [-0.15, -0.1) is 0 Å². The van der Waals surface area contributed by atoms with Crippen molar-refractivity contribution in [3.8, 4) is 28.1 Å². The number of hydrogen-bond acceptors (Lipinski definition) is 5. The van der Waals surface area contributed by atoms with Crippen LogP contribution < -0.4 is 4.74 Å². The molecule has 0 N–H and O–H groups in total. The molecule has 0 bridgehead atoms. The molecule has 0 saturated heterocycles. The molecule has 1 aromatic heterocycles. The smallest absolute Gasteiger partial charge is 0.414 e. The largest absolute Gasteiger partial charge is 0.494 e. The van der Waals surface area contributed by atoms with Crippen LogP contribution in [0.25, 0.3) is 22.4 Å². The number of benzene rings is 2. The van der Waals surface area contributed by atoms with Gasteiger partial charge in [-0.25, -0.2) is 4.79 Å². The van der Waals surface area contributed by atoms with Gasteiger partial charge in [0.1, 0.15) is 5.75 Å². The van der Waals surface area contributed by atoms with Gasteiger partial charge in [0.05, 0.1) is 24.5 Å². The second-order valence-electron chi connectivity index (χ2n) is 10.4. The van der Waals surface area contributed by atoms with Crippen molar-refractivity contribution in [2.45, 2.75) is 83.9 Å².